The maximum Gasteiger partial charge on any atom is 0.417 e. The molecule has 0 fully saturated rings. The Labute approximate surface area is 141 Å². The highest BCUT2D eigenvalue weighted by Crippen LogP contribution is 2.24. The first-order chi connectivity index (χ1) is 12.0. The highest BCUT2D eigenvalue weighted by molar-refractivity contribution is 7.92. The molecular weight excluding hydrogens is 346 g/mol. The van der Waals surface area contributed by atoms with Crippen molar-refractivity contribution in [3.63, 3.8) is 0 Å². The Morgan fingerprint density at radius 2 is 2.00 bits per heavy atom. The maximum absolute atomic E-state index is 12.7. The van der Waals surface area contributed by atoms with E-state index in [0.29, 0.717) is 16.9 Å². The first kappa shape index (κ1) is 15.1. The van der Waals surface area contributed by atoms with Gasteiger partial charge in [-0.15, -0.1) is 0 Å². The third-order valence-corrected chi connectivity index (χ3v) is 4.88. The summed E-state index contributed by atoms with van der Waals surface area (Å²) in [5.74, 6) is -0.644. The quantitative estimate of drug-likeness (QED) is 0.570. The van der Waals surface area contributed by atoms with E-state index in [4.69, 9.17) is 4.42 Å². The molecule has 0 amide bonds. The number of anilines is 1. The fourth-order valence-electron chi connectivity index (χ4n) is 2.39. The standard InChI is InChI=1S/C15H11N5O4S/c21-15-18-12-6-5-10(7-14(12)24-15)25(22,23)19-11-3-1-2-4-13(11)20-9-16-8-17-20/h1-9,19H,(H,18,21). The predicted octanol–water partition coefficient (Wildman–Crippen LogP) is 1.50. The lowest BCUT2D eigenvalue weighted by atomic mass is 10.3. The molecule has 10 heteroatoms. The second-order valence-corrected chi connectivity index (χ2v) is 6.82. The number of aromatic amines is 1. The summed E-state index contributed by atoms with van der Waals surface area (Å²) in [6.45, 7) is 0. The van der Waals surface area contributed by atoms with E-state index in [9.17, 15) is 13.2 Å². The Balaban J connectivity index is 1.75. The summed E-state index contributed by atoms with van der Waals surface area (Å²) in [6, 6.07) is 10.9. The predicted molar refractivity (Wildman–Crippen MR) is 89.0 cm³/mol. The minimum absolute atomic E-state index is 0.0313. The maximum atomic E-state index is 12.7. The van der Waals surface area contributed by atoms with Crippen molar-refractivity contribution in [2.45, 2.75) is 4.90 Å². The van der Waals surface area contributed by atoms with Gasteiger partial charge in [-0.25, -0.2) is 22.9 Å². The van der Waals surface area contributed by atoms with E-state index in [1.54, 1.807) is 24.3 Å². The number of oxazole rings is 1. The Morgan fingerprint density at radius 1 is 1.16 bits per heavy atom. The molecular formula is C15H11N5O4S. The molecule has 0 bridgehead atoms. The van der Waals surface area contributed by atoms with Crippen LogP contribution in [0.25, 0.3) is 16.8 Å². The SMILES string of the molecule is O=c1[nH]c2ccc(S(=O)(=O)Nc3ccccc3-n3cncn3)cc2o1. The number of nitrogens with one attached hydrogen (secondary N) is 2. The number of hydrogen-bond acceptors (Lipinski definition) is 6. The number of rotatable bonds is 4. The number of para-hydroxylation sites is 2. The van der Waals surface area contributed by atoms with Crippen molar-refractivity contribution in [3.05, 3.63) is 65.7 Å². The summed E-state index contributed by atoms with van der Waals surface area (Å²) < 4.78 is 34.3. The molecule has 0 atom stereocenters. The highest BCUT2D eigenvalue weighted by Gasteiger charge is 2.18. The normalized spacial score (nSPS) is 11.7. The lowest BCUT2D eigenvalue weighted by Gasteiger charge is -2.12. The fourth-order valence-corrected chi connectivity index (χ4v) is 3.48. The van der Waals surface area contributed by atoms with Crippen LogP contribution in [-0.4, -0.2) is 28.2 Å². The van der Waals surface area contributed by atoms with Crippen LogP contribution in [0.2, 0.25) is 0 Å². The van der Waals surface area contributed by atoms with Crippen LogP contribution in [0.1, 0.15) is 0 Å². The third-order valence-electron chi connectivity index (χ3n) is 3.52. The van der Waals surface area contributed by atoms with Gasteiger partial charge >= 0.3 is 5.76 Å². The Hall–Kier alpha value is -3.40. The van der Waals surface area contributed by atoms with Crippen molar-refractivity contribution in [1.82, 2.24) is 19.7 Å². The molecule has 4 rings (SSSR count). The van der Waals surface area contributed by atoms with Crippen LogP contribution in [0.15, 0.2) is 69.2 Å². The number of aromatic nitrogens is 4. The average Bonchev–Trinajstić information content (AvgIpc) is 3.22. The fraction of sp³-hybridized carbons (Fsp3) is 0. The molecule has 126 valence electrons. The second-order valence-electron chi connectivity index (χ2n) is 5.14. The molecule has 0 aliphatic rings. The van der Waals surface area contributed by atoms with Crippen molar-refractivity contribution in [2.24, 2.45) is 0 Å². The highest BCUT2D eigenvalue weighted by atomic mass is 32.2. The van der Waals surface area contributed by atoms with E-state index in [1.165, 1.54) is 35.5 Å². The van der Waals surface area contributed by atoms with Gasteiger partial charge in [0, 0.05) is 6.07 Å². The van der Waals surface area contributed by atoms with Crippen LogP contribution >= 0.6 is 0 Å². The summed E-state index contributed by atoms with van der Waals surface area (Å²) >= 11 is 0. The molecule has 0 radical (unpaired) electrons. The van der Waals surface area contributed by atoms with Gasteiger partial charge in [-0.1, -0.05) is 12.1 Å². The van der Waals surface area contributed by atoms with Gasteiger partial charge in [0.2, 0.25) is 0 Å². The van der Waals surface area contributed by atoms with E-state index < -0.39 is 15.8 Å². The van der Waals surface area contributed by atoms with E-state index >= 15 is 0 Å². The van der Waals surface area contributed by atoms with Crippen LogP contribution in [-0.2, 0) is 10.0 Å². The molecule has 0 saturated heterocycles. The van der Waals surface area contributed by atoms with Gasteiger partial charge in [0.05, 0.1) is 21.8 Å². The molecule has 2 heterocycles. The minimum atomic E-state index is -3.90. The zero-order valence-corrected chi connectivity index (χ0v) is 13.4. The Bertz CT molecular complexity index is 1210. The van der Waals surface area contributed by atoms with Gasteiger partial charge in [0.1, 0.15) is 12.7 Å². The van der Waals surface area contributed by atoms with Gasteiger partial charge in [-0.3, -0.25) is 9.71 Å². The summed E-state index contributed by atoms with van der Waals surface area (Å²) in [5.41, 5.74) is 1.45. The van der Waals surface area contributed by atoms with Crippen LogP contribution in [0.4, 0.5) is 5.69 Å². The van der Waals surface area contributed by atoms with E-state index in [2.05, 4.69) is 19.8 Å². The number of H-pyrrole nitrogens is 1. The lowest BCUT2D eigenvalue weighted by molar-refractivity contribution is 0.554. The topological polar surface area (TPSA) is 123 Å². The molecule has 0 aliphatic carbocycles. The molecule has 2 aromatic heterocycles. The van der Waals surface area contributed by atoms with Gasteiger partial charge < -0.3 is 4.42 Å². The van der Waals surface area contributed by atoms with Crippen molar-refractivity contribution >= 4 is 26.8 Å². The molecule has 0 saturated carbocycles. The van der Waals surface area contributed by atoms with Crippen LogP contribution in [0, 0.1) is 0 Å². The molecule has 0 aliphatic heterocycles. The molecule has 4 aromatic rings. The minimum Gasteiger partial charge on any atom is -0.408 e. The summed E-state index contributed by atoms with van der Waals surface area (Å²) in [5, 5.41) is 4.01. The molecule has 9 nitrogen and oxygen atoms in total. The summed E-state index contributed by atoms with van der Waals surface area (Å²) in [4.78, 5) is 17.5. The Kier molecular flexibility index (Phi) is 3.39. The third kappa shape index (κ3) is 2.78. The van der Waals surface area contributed by atoms with Crippen LogP contribution in [0.5, 0.6) is 0 Å². The molecule has 0 spiro atoms. The average molecular weight is 357 g/mol. The first-order valence-electron chi connectivity index (χ1n) is 7.13. The first-order valence-corrected chi connectivity index (χ1v) is 8.61. The van der Waals surface area contributed by atoms with E-state index in [-0.39, 0.29) is 10.5 Å². The number of nitrogens with zero attached hydrogens (tertiary/aromatic N) is 3. The molecule has 25 heavy (non-hydrogen) atoms. The zero-order valence-electron chi connectivity index (χ0n) is 12.6. The van der Waals surface area contributed by atoms with Gasteiger partial charge in [0.25, 0.3) is 10.0 Å². The number of hydrogen-bond donors (Lipinski definition) is 2. The summed E-state index contributed by atoms with van der Waals surface area (Å²) in [6.07, 6.45) is 2.82. The smallest absolute Gasteiger partial charge is 0.408 e. The summed E-state index contributed by atoms with van der Waals surface area (Å²) in [7, 11) is -3.90. The van der Waals surface area contributed by atoms with Crippen LogP contribution < -0.4 is 10.5 Å². The zero-order chi connectivity index (χ0) is 17.4. The van der Waals surface area contributed by atoms with E-state index in [1.807, 2.05) is 0 Å². The lowest BCUT2D eigenvalue weighted by Crippen LogP contribution is -2.14. The molecule has 2 aromatic carbocycles. The molecule has 2 N–H and O–H groups in total. The van der Waals surface area contributed by atoms with Gasteiger partial charge in [-0.2, -0.15) is 5.10 Å². The molecule has 0 unspecified atom stereocenters. The van der Waals surface area contributed by atoms with Crippen molar-refractivity contribution in [1.29, 1.82) is 0 Å². The van der Waals surface area contributed by atoms with Gasteiger partial charge in [0.15, 0.2) is 5.58 Å². The van der Waals surface area contributed by atoms with E-state index in [0.717, 1.165) is 0 Å². The van der Waals surface area contributed by atoms with Gasteiger partial charge in [-0.05, 0) is 24.3 Å². The monoisotopic (exact) mass is 357 g/mol. The number of fused-ring (bicyclic) bond motifs is 1. The van der Waals surface area contributed by atoms with Crippen molar-refractivity contribution in [3.8, 4) is 5.69 Å². The van der Waals surface area contributed by atoms with Crippen LogP contribution in [0.3, 0.4) is 0 Å². The second kappa shape index (κ2) is 5.60. The van der Waals surface area contributed by atoms with Crippen molar-refractivity contribution < 1.29 is 12.8 Å². The Morgan fingerprint density at radius 3 is 2.80 bits per heavy atom. The number of benzene rings is 2. The number of sulfonamides is 1. The van der Waals surface area contributed by atoms with Crippen molar-refractivity contribution in [2.75, 3.05) is 4.72 Å². The largest absolute Gasteiger partial charge is 0.417 e.